The number of esters is 8. The van der Waals surface area contributed by atoms with Gasteiger partial charge in [0.1, 0.15) is 0 Å². The lowest BCUT2D eigenvalue weighted by Gasteiger charge is -2.34. The maximum Gasteiger partial charge on any atom is 0.312 e. The number of ether oxygens (including phenoxy) is 10. The van der Waals surface area contributed by atoms with E-state index in [0.29, 0.717) is 152 Å². The van der Waals surface area contributed by atoms with Crippen LogP contribution in [0.1, 0.15) is 191 Å². The van der Waals surface area contributed by atoms with E-state index in [2.05, 4.69) is 62.3 Å². The standard InChI is InChI=1S/C12H18O3.C11H16O3.4C11H16O2.2C10H14O2/c1-3-14-11-6(2)7-4-8(11)10-9(7)5-15-12(10)13;1-5-6-3-7(10(5)13-2)9-8(6)4-14-11(9)12;1-7-2-8-3-9(7)11(4-8)5-10(12)13-6-11;1-5-6(2)8-3-7(5)9-4-13-11(12)10(8)9;1-7-4-9-5-8(7)6-11(9)2-3-13-10(11)12;1-7-4-8-5-9(7)11(6-8)2-3-13-10(11)12;1-5-2-6-3-7(5)8-4-12-10(11)9(6)8;1-5-2-6-3-7(5)9-8(6)4-12-10(9)11/h6-11H,3-5H2,1-2H3;5-10H,3-4H2,1-2H3;7-9H,2-6H2,1H3;5-10H,3-4H2,1-2H3;2*7-9H,2-6H2,1H3;2*5-9H,2-4H2,1H3. The number of hydrogen-bond acceptors (Lipinski definition) is 18. The van der Waals surface area contributed by atoms with Gasteiger partial charge in [-0.3, -0.25) is 38.4 Å². The Balaban J connectivity index is 0.0000000886. The molecule has 8 saturated heterocycles. The number of rotatable bonds is 3. The Bertz CT molecular complexity index is 3370. The van der Waals surface area contributed by atoms with Gasteiger partial charge in [-0.25, -0.2) is 0 Å². The molecule has 8 heterocycles. The zero-order valence-electron chi connectivity index (χ0n) is 65.0. The first-order valence-electron chi connectivity index (χ1n) is 42.8. The quantitative estimate of drug-likeness (QED) is 0.189. The molecular formula is C87H126O18. The van der Waals surface area contributed by atoms with Crippen LogP contribution in [0.5, 0.6) is 0 Å². The van der Waals surface area contributed by atoms with Crippen molar-refractivity contribution in [1.29, 1.82) is 0 Å². The lowest BCUT2D eigenvalue weighted by atomic mass is 9.68. The molecule has 0 N–H and O–H groups in total. The predicted octanol–water partition coefficient (Wildman–Crippen LogP) is 13.1. The predicted molar refractivity (Wildman–Crippen MR) is 382 cm³/mol. The van der Waals surface area contributed by atoms with Crippen molar-refractivity contribution in [3.05, 3.63) is 0 Å². The fourth-order valence-electron chi connectivity index (χ4n) is 31.5. The van der Waals surface area contributed by atoms with Gasteiger partial charge in [0.25, 0.3) is 0 Å². The third kappa shape index (κ3) is 11.8. The summed E-state index contributed by atoms with van der Waals surface area (Å²) in [4.78, 5) is 91.9. The topological polar surface area (TPSA) is 229 Å². The summed E-state index contributed by atoms with van der Waals surface area (Å²) in [7, 11) is 1.76. The van der Waals surface area contributed by atoms with E-state index < -0.39 is 0 Å². The highest BCUT2D eigenvalue weighted by molar-refractivity contribution is 5.81. The second-order valence-corrected chi connectivity index (χ2v) is 40.2. The normalized spacial score (nSPS) is 54.5. The van der Waals surface area contributed by atoms with Crippen LogP contribution in [0.4, 0.5) is 0 Å². The number of carbonyl (C=O) groups is 8. The fraction of sp³-hybridized carbons (Fsp3) is 0.908. The second kappa shape index (κ2) is 27.9. The first kappa shape index (κ1) is 73.5. The van der Waals surface area contributed by atoms with Crippen LogP contribution in [-0.2, 0) is 85.7 Å². The lowest BCUT2D eigenvalue weighted by molar-refractivity contribution is -0.150. The molecule has 105 heavy (non-hydrogen) atoms. The van der Waals surface area contributed by atoms with E-state index in [1.54, 1.807) is 7.11 Å². The molecule has 16 saturated carbocycles. The van der Waals surface area contributed by atoms with Crippen LogP contribution in [-0.4, -0.2) is 127 Å². The zero-order chi connectivity index (χ0) is 73.4. The van der Waals surface area contributed by atoms with Gasteiger partial charge in [0.2, 0.25) is 0 Å². The third-order valence-corrected chi connectivity index (χ3v) is 36.2. The molecule has 24 fully saturated rings. The van der Waals surface area contributed by atoms with Gasteiger partial charge >= 0.3 is 47.8 Å². The molecule has 24 rings (SSSR count). The van der Waals surface area contributed by atoms with E-state index in [1.807, 2.05) is 6.92 Å². The molecule has 3 spiro atoms. The van der Waals surface area contributed by atoms with E-state index >= 15 is 0 Å². The minimum Gasteiger partial charge on any atom is -0.465 e. The van der Waals surface area contributed by atoms with E-state index in [-0.39, 0.29) is 87.9 Å². The van der Waals surface area contributed by atoms with Crippen LogP contribution in [0, 0.1) is 223 Å². The van der Waals surface area contributed by atoms with Crippen LogP contribution < -0.4 is 0 Å². The molecule has 40 unspecified atom stereocenters. The van der Waals surface area contributed by atoms with E-state index in [4.69, 9.17) is 47.4 Å². The van der Waals surface area contributed by atoms with Crippen LogP contribution in [0.15, 0.2) is 0 Å². The summed E-state index contributed by atoms with van der Waals surface area (Å²) < 4.78 is 52.5. The van der Waals surface area contributed by atoms with E-state index in [1.165, 1.54) is 89.9 Å². The summed E-state index contributed by atoms with van der Waals surface area (Å²) in [6.07, 6.45) is 23.6. The van der Waals surface area contributed by atoms with Crippen LogP contribution in [0.2, 0.25) is 0 Å². The van der Waals surface area contributed by atoms with Crippen molar-refractivity contribution in [3.63, 3.8) is 0 Å². The maximum absolute atomic E-state index is 11.7. The number of methoxy groups -OCH3 is 1. The molecule has 24 aliphatic rings. The van der Waals surface area contributed by atoms with Crippen LogP contribution >= 0.6 is 0 Å². The number of cyclic esters (lactones) is 8. The van der Waals surface area contributed by atoms with Crippen molar-refractivity contribution in [2.75, 3.05) is 66.6 Å². The smallest absolute Gasteiger partial charge is 0.312 e. The van der Waals surface area contributed by atoms with Gasteiger partial charge < -0.3 is 47.4 Å². The molecule has 40 atom stereocenters. The van der Waals surface area contributed by atoms with Gasteiger partial charge in [0.15, 0.2) is 0 Å². The highest BCUT2D eigenvalue weighted by Gasteiger charge is 2.68. The Morgan fingerprint density at radius 3 is 1.35 bits per heavy atom. The number of hydrogen-bond donors (Lipinski definition) is 0. The van der Waals surface area contributed by atoms with Gasteiger partial charge in [-0.1, -0.05) is 62.3 Å². The van der Waals surface area contributed by atoms with Gasteiger partial charge in [0, 0.05) is 48.7 Å². The monoisotopic (exact) mass is 1460 g/mol. The zero-order valence-corrected chi connectivity index (χ0v) is 65.0. The minimum absolute atomic E-state index is 0.0167. The first-order valence-corrected chi connectivity index (χ1v) is 42.8. The molecule has 0 radical (unpaired) electrons. The number of carbonyl (C=O) groups excluding carboxylic acids is 8. The molecule has 18 heteroatoms. The largest absolute Gasteiger partial charge is 0.465 e. The average molecular weight is 1460 g/mol. The molecular weight excluding hydrogens is 1330 g/mol. The van der Waals surface area contributed by atoms with Crippen LogP contribution in [0.3, 0.4) is 0 Å². The summed E-state index contributed by atoms with van der Waals surface area (Å²) >= 11 is 0. The van der Waals surface area contributed by atoms with Crippen molar-refractivity contribution >= 4 is 47.8 Å². The van der Waals surface area contributed by atoms with Gasteiger partial charge in [-0.05, 0) is 270 Å². The molecule has 0 amide bonds. The molecule has 16 aliphatic carbocycles. The SMILES string of the molecule is CC1C(C)C2CC1C1COC(=O)C21.CC1CC2CC1C1(CCOC1=O)C2.CC1CC2CC1C1(COC(=O)C1)C2.CC1CC2CC1C1C(=O)OCC21.CC1CC2CC1C1COC(=O)C21.CC1CC2CC1CC21CCOC1=O.CCOC1C(C)C2CC1C1C(=O)OCC21.COC1C(C)C2CC1C1C(=O)OCC21. The Labute approximate surface area is 623 Å². The Morgan fingerprint density at radius 2 is 0.838 bits per heavy atom. The summed E-state index contributed by atoms with van der Waals surface area (Å²) in [6, 6.07) is 0. The summed E-state index contributed by atoms with van der Waals surface area (Å²) in [5.41, 5.74) is 0.235. The van der Waals surface area contributed by atoms with Crippen molar-refractivity contribution < 1.29 is 85.7 Å². The minimum atomic E-state index is -0.0255. The molecule has 8 aliphatic heterocycles. The van der Waals surface area contributed by atoms with Crippen LogP contribution in [0.25, 0.3) is 0 Å². The van der Waals surface area contributed by atoms with Gasteiger partial charge in [-0.2, -0.15) is 0 Å². The maximum atomic E-state index is 11.7. The molecule has 0 aromatic heterocycles. The van der Waals surface area contributed by atoms with Crippen molar-refractivity contribution in [3.8, 4) is 0 Å². The molecule has 0 aromatic carbocycles. The van der Waals surface area contributed by atoms with Crippen molar-refractivity contribution in [2.24, 2.45) is 223 Å². The van der Waals surface area contributed by atoms with Gasteiger partial charge in [0.05, 0.1) is 112 Å². The Hall–Kier alpha value is -4.32. The molecule has 0 aromatic rings. The molecule has 16 bridgehead atoms. The van der Waals surface area contributed by atoms with Crippen molar-refractivity contribution in [1.82, 2.24) is 0 Å². The third-order valence-electron chi connectivity index (χ3n) is 36.2. The Kier molecular flexibility index (Phi) is 19.5. The highest BCUT2D eigenvalue weighted by Crippen LogP contribution is 2.67. The summed E-state index contributed by atoms with van der Waals surface area (Å²) in [5.74, 6) is 22.5. The fourth-order valence-corrected chi connectivity index (χ4v) is 31.5. The molecule has 582 valence electrons. The first-order chi connectivity index (χ1) is 50.4. The van der Waals surface area contributed by atoms with Gasteiger partial charge in [-0.15, -0.1) is 0 Å². The lowest BCUT2D eigenvalue weighted by Crippen LogP contribution is -2.39. The second-order valence-electron chi connectivity index (χ2n) is 40.2. The average Bonchev–Trinajstić information content (AvgIpc) is 1.56. The van der Waals surface area contributed by atoms with Crippen molar-refractivity contribution in [2.45, 2.75) is 203 Å². The Morgan fingerprint density at radius 1 is 0.362 bits per heavy atom. The highest BCUT2D eigenvalue weighted by atomic mass is 16.6. The summed E-state index contributed by atoms with van der Waals surface area (Å²) in [5, 5.41) is 0. The summed E-state index contributed by atoms with van der Waals surface area (Å²) in [6.45, 7) is 29.1. The number of fused-ring (bicyclic) bond motifs is 34. The van der Waals surface area contributed by atoms with E-state index in [9.17, 15) is 38.4 Å². The molecule has 18 nitrogen and oxygen atoms in total. The van der Waals surface area contributed by atoms with E-state index in [0.717, 1.165) is 135 Å².